The van der Waals surface area contributed by atoms with Crippen LogP contribution < -0.4 is 11.0 Å². The Kier molecular flexibility index (Phi) is 7.25. The first-order chi connectivity index (χ1) is 19.3. The van der Waals surface area contributed by atoms with Crippen LogP contribution in [0.15, 0.2) is 58.7 Å². The van der Waals surface area contributed by atoms with Crippen LogP contribution >= 0.6 is 0 Å². The predicted octanol–water partition coefficient (Wildman–Crippen LogP) is 4.78. The number of halogens is 2. The van der Waals surface area contributed by atoms with Gasteiger partial charge in [0, 0.05) is 72.4 Å². The lowest BCUT2D eigenvalue weighted by atomic mass is 10.1. The highest BCUT2D eigenvalue weighted by Gasteiger charge is 2.23. The minimum absolute atomic E-state index is 0.109. The summed E-state index contributed by atoms with van der Waals surface area (Å²) in [5.74, 6) is -0.717. The highest BCUT2D eigenvalue weighted by Crippen LogP contribution is 2.33. The number of benzene rings is 2. The average molecular weight is 550 g/mol. The monoisotopic (exact) mass is 549 g/mol. The van der Waals surface area contributed by atoms with E-state index in [1.807, 2.05) is 4.57 Å². The molecule has 14 heteroatoms. The predicted molar refractivity (Wildman–Crippen MR) is 144 cm³/mol. The van der Waals surface area contributed by atoms with E-state index < -0.39 is 23.4 Å². The molecular formula is C26H25F2N9O3. The summed E-state index contributed by atoms with van der Waals surface area (Å²) in [6.07, 6.45) is 3.10. The van der Waals surface area contributed by atoms with Gasteiger partial charge in [-0.25, -0.2) is 27.6 Å². The Morgan fingerprint density at radius 2 is 1.80 bits per heavy atom. The van der Waals surface area contributed by atoms with Crippen molar-refractivity contribution in [3.8, 4) is 17.1 Å². The van der Waals surface area contributed by atoms with Crippen LogP contribution in [0.4, 0.5) is 13.6 Å². The maximum Gasteiger partial charge on any atom is 0.404 e. The quantitative estimate of drug-likeness (QED) is 0.112. The zero-order valence-electron chi connectivity index (χ0n) is 21.5. The van der Waals surface area contributed by atoms with Crippen LogP contribution in [-0.2, 0) is 20.1 Å². The third-order valence-electron chi connectivity index (χ3n) is 6.64. The fourth-order valence-corrected chi connectivity index (χ4v) is 4.88. The standard InChI is InChI=1S/C26H25F2N9O3/c1-34-14-20(18-12-16(27)4-6-21(18)34)24-32-36(11-2-8-30-25(38)39)26(40)37(24)23-15-35(10-3-9-31-33-29)22-7-5-17(28)13-19(22)23/h4-7,12-15,30H,2-3,8-11H2,1H3,(H,38,39). The number of amides is 1. The molecule has 0 radical (unpaired) electrons. The molecule has 0 atom stereocenters. The van der Waals surface area contributed by atoms with Gasteiger partial charge in [-0.1, -0.05) is 5.11 Å². The Morgan fingerprint density at radius 3 is 2.52 bits per heavy atom. The fourth-order valence-electron chi connectivity index (χ4n) is 4.88. The molecule has 0 aliphatic carbocycles. The number of aromatic nitrogens is 5. The summed E-state index contributed by atoms with van der Waals surface area (Å²) in [4.78, 5) is 27.4. The molecule has 0 bridgehead atoms. The first kappa shape index (κ1) is 26.5. The molecule has 3 aromatic heterocycles. The van der Waals surface area contributed by atoms with Gasteiger partial charge in [0.25, 0.3) is 0 Å². The first-order valence-electron chi connectivity index (χ1n) is 12.5. The van der Waals surface area contributed by atoms with Crippen molar-refractivity contribution in [3.63, 3.8) is 0 Å². The molecule has 0 saturated heterocycles. The molecule has 206 valence electrons. The van der Waals surface area contributed by atoms with Gasteiger partial charge < -0.3 is 19.6 Å². The summed E-state index contributed by atoms with van der Waals surface area (Å²) in [5, 5.41) is 20.3. The van der Waals surface area contributed by atoms with Crippen LogP contribution in [0.25, 0.3) is 49.3 Å². The molecule has 2 aromatic carbocycles. The number of fused-ring (bicyclic) bond motifs is 2. The van der Waals surface area contributed by atoms with Gasteiger partial charge in [-0.15, -0.1) is 5.10 Å². The molecule has 0 aliphatic rings. The first-order valence-corrected chi connectivity index (χ1v) is 12.5. The molecule has 0 saturated carbocycles. The Bertz CT molecular complexity index is 1840. The second kappa shape index (κ2) is 10.9. The number of azide groups is 1. The van der Waals surface area contributed by atoms with Crippen molar-refractivity contribution in [1.82, 2.24) is 28.8 Å². The lowest BCUT2D eigenvalue weighted by Gasteiger charge is -2.04. The fraction of sp³-hybridized carbons (Fsp3) is 0.269. The van der Waals surface area contributed by atoms with E-state index in [9.17, 15) is 18.4 Å². The van der Waals surface area contributed by atoms with E-state index in [1.165, 1.54) is 33.5 Å². The largest absolute Gasteiger partial charge is 0.465 e. The molecule has 0 spiro atoms. The van der Waals surface area contributed by atoms with Crippen LogP contribution in [0, 0.1) is 11.6 Å². The van der Waals surface area contributed by atoms with Crippen LogP contribution in [-0.4, -0.2) is 47.8 Å². The van der Waals surface area contributed by atoms with Crippen molar-refractivity contribution in [1.29, 1.82) is 0 Å². The second-order valence-corrected chi connectivity index (χ2v) is 9.24. The van der Waals surface area contributed by atoms with Crippen LogP contribution in [0.3, 0.4) is 0 Å². The van der Waals surface area contributed by atoms with E-state index in [0.29, 0.717) is 46.9 Å². The number of carboxylic acid groups (broad SMARTS) is 1. The van der Waals surface area contributed by atoms with Crippen molar-refractivity contribution < 1.29 is 18.7 Å². The van der Waals surface area contributed by atoms with Gasteiger partial charge >= 0.3 is 11.8 Å². The van der Waals surface area contributed by atoms with E-state index in [4.69, 9.17) is 10.6 Å². The van der Waals surface area contributed by atoms with Gasteiger partial charge in [-0.2, -0.15) is 0 Å². The smallest absolute Gasteiger partial charge is 0.404 e. The Balaban J connectivity index is 1.71. The van der Waals surface area contributed by atoms with Crippen molar-refractivity contribution >= 4 is 27.9 Å². The SMILES string of the molecule is Cn1cc(-c2nn(CCCNC(=O)O)c(=O)n2-c2cn(CCCN=[N+]=[N-])c3ccc(F)cc23)c2cc(F)ccc21. The van der Waals surface area contributed by atoms with Gasteiger partial charge in [0.2, 0.25) is 0 Å². The summed E-state index contributed by atoms with van der Waals surface area (Å²) < 4.78 is 35.0. The summed E-state index contributed by atoms with van der Waals surface area (Å²) in [5.41, 5.74) is 10.3. The van der Waals surface area contributed by atoms with Gasteiger partial charge in [0.05, 0.1) is 11.2 Å². The third-order valence-corrected chi connectivity index (χ3v) is 6.64. The van der Waals surface area contributed by atoms with Gasteiger partial charge in [0.15, 0.2) is 5.82 Å². The highest BCUT2D eigenvalue weighted by atomic mass is 19.1. The molecular weight excluding hydrogens is 524 g/mol. The van der Waals surface area contributed by atoms with Crippen LogP contribution in [0.5, 0.6) is 0 Å². The summed E-state index contributed by atoms with van der Waals surface area (Å²) in [7, 11) is 1.80. The molecule has 12 nitrogen and oxygen atoms in total. The second-order valence-electron chi connectivity index (χ2n) is 9.24. The summed E-state index contributed by atoms with van der Waals surface area (Å²) in [6.45, 7) is 0.929. The number of aryl methyl sites for hydroxylation is 3. The molecule has 0 aliphatic heterocycles. The lowest BCUT2D eigenvalue weighted by Crippen LogP contribution is -2.27. The van der Waals surface area contributed by atoms with E-state index in [2.05, 4.69) is 20.4 Å². The number of hydrogen-bond donors (Lipinski definition) is 2. The Morgan fingerprint density at radius 1 is 1.07 bits per heavy atom. The number of nitrogens with one attached hydrogen (secondary N) is 1. The third kappa shape index (κ3) is 4.99. The molecule has 40 heavy (non-hydrogen) atoms. The lowest BCUT2D eigenvalue weighted by molar-refractivity contribution is 0.194. The van der Waals surface area contributed by atoms with E-state index in [0.717, 1.165) is 5.52 Å². The van der Waals surface area contributed by atoms with Crippen molar-refractivity contribution in [2.45, 2.75) is 25.9 Å². The molecule has 3 heterocycles. The highest BCUT2D eigenvalue weighted by molar-refractivity contribution is 5.96. The number of rotatable bonds is 10. The number of nitrogens with zero attached hydrogens (tertiary/aromatic N) is 8. The molecule has 0 unspecified atom stereocenters. The zero-order valence-corrected chi connectivity index (χ0v) is 21.5. The van der Waals surface area contributed by atoms with Crippen molar-refractivity contribution in [3.05, 3.63) is 81.4 Å². The van der Waals surface area contributed by atoms with Gasteiger partial charge in [-0.05, 0) is 54.8 Å². The number of hydrogen-bond acceptors (Lipinski definition) is 4. The van der Waals surface area contributed by atoms with Crippen LogP contribution in [0.1, 0.15) is 12.8 Å². The minimum Gasteiger partial charge on any atom is -0.465 e. The maximum absolute atomic E-state index is 14.5. The Labute approximate surface area is 225 Å². The molecule has 5 aromatic rings. The van der Waals surface area contributed by atoms with E-state index >= 15 is 0 Å². The topological polar surface area (TPSA) is 148 Å². The van der Waals surface area contributed by atoms with E-state index in [1.54, 1.807) is 36.1 Å². The minimum atomic E-state index is -1.17. The Hall–Kier alpha value is -5.10. The zero-order chi connectivity index (χ0) is 28.4. The molecule has 2 N–H and O–H groups in total. The maximum atomic E-state index is 14.5. The summed E-state index contributed by atoms with van der Waals surface area (Å²) >= 11 is 0. The normalized spacial score (nSPS) is 11.3. The van der Waals surface area contributed by atoms with Gasteiger partial charge in [-0.3, -0.25) is 0 Å². The molecule has 0 fully saturated rings. The van der Waals surface area contributed by atoms with Crippen LogP contribution in [0.2, 0.25) is 0 Å². The van der Waals surface area contributed by atoms with E-state index in [-0.39, 0.29) is 25.5 Å². The van der Waals surface area contributed by atoms with Crippen molar-refractivity contribution in [2.24, 2.45) is 12.2 Å². The average Bonchev–Trinajstić information content (AvgIpc) is 3.54. The van der Waals surface area contributed by atoms with Gasteiger partial charge in [0.1, 0.15) is 11.6 Å². The molecule has 1 amide bonds. The van der Waals surface area contributed by atoms with Crippen molar-refractivity contribution in [2.75, 3.05) is 13.1 Å². The summed E-state index contributed by atoms with van der Waals surface area (Å²) in [6, 6.07) is 8.62. The number of carbonyl (C=O) groups is 1. The molecule has 5 rings (SSSR count).